The third kappa shape index (κ3) is 1.80. The van der Waals surface area contributed by atoms with Crippen LogP contribution in [0.3, 0.4) is 0 Å². The minimum Gasteiger partial charge on any atom is -0.308 e. The smallest absolute Gasteiger partial charge is 0.0309 e. The van der Waals surface area contributed by atoms with Crippen molar-refractivity contribution in [2.24, 2.45) is 11.8 Å². The predicted molar refractivity (Wildman–Crippen MR) is 67.5 cm³/mol. The van der Waals surface area contributed by atoms with Gasteiger partial charge in [-0.05, 0) is 44.4 Å². The van der Waals surface area contributed by atoms with E-state index in [2.05, 4.69) is 31.0 Å². The molecule has 92 valence electrons. The van der Waals surface area contributed by atoms with Gasteiger partial charge in [-0.25, -0.2) is 0 Å². The highest BCUT2D eigenvalue weighted by Gasteiger charge is 2.50. The average molecular weight is 222 g/mol. The van der Waals surface area contributed by atoms with E-state index in [4.69, 9.17) is 0 Å². The molecule has 3 rings (SSSR count). The van der Waals surface area contributed by atoms with Crippen molar-refractivity contribution in [3.63, 3.8) is 0 Å². The maximum atomic E-state index is 3.84. The van der Waals surface area contributed by atoms with E-state index >= 15 is 0 Å². The Hall–Kier alpha value is -0.0800. The van der Waals surface area contributed by atoms with Crippen LogP contribution in [-0.4, -0.2) is 35.6 Å². The maximum Gasteiger partial charge on any atom is 0.0309 e. The zero-order valence-electron chi connectivity index (χ0n) is 11.0. The first-order valence-electron chi connectivity index (χ1n) is 7.15. The van der Waals surface area contributed by atoms with Gasteiger partial charge in [-0.3, -0.25) is 4.90 Å². The quantitative estimate of drug-likeness (QED) is 0.788. The van der Waals surface area contributed by atoms with Crippen molar-refractivity contribution in [2.75, 3.05) is 13.1 Å². The molecular weight excluding hydrogens is 196 g/mol. The fourth-order valence-electron chi connectivity index (χ4n) is 3.56. The van der Waals surface area contributed by atoms with Gasteiger partial charge in [0, 0.05) is 30.7 Å². The Kier molecular flexibility index (Phi) is 2.56. The summed E-state index contributed by atoms with van der Waals surface area (Å²) in [5.41, 5.74) is 0.425. The van der Waals surface area contributed by atoms with Crippen LogP contribution in [0.25, 0.3) is 0 Å². The molecule has 0 aromatic rings. The molecule has 4 atom stereocenters. The zero-order valence-corrected chi connectivity index (χ0v) is 11.0. The SMILES string of the molecule is CCC1CNC(C)(C2CC2)CN1C1CC1C. The van der Waals surface area contributed by atoms with Gasteiger partial charge in [0.25, 0.3) is 0 Å². The summed E-state index contributed by atoms with van der Waals surface area (Å²) in [6.07, 6.45) is 5.65. The molecule has 0 bridgehead atoms. The Morgan fingerprint density at radius 3 is 2.56 bits per heavy atom. The van der Waals surface area contributed by atoms with Crippen LogP contribution in [0.15, 0.2) is 0 Å². The molecule has 0 aromatic carbocycles. The monoisotopic (exact) mass is 222 g/mol. The Balaban J connectivity index is 1.71. The van der Waals surface area contributed by atoms with Crippen molar-refractivity contribution in [1.29, 1.82) is 0 Å². The second-order valence-electron chi connectivity index (χ2n) is 6.59. The summed E-state index contributed by atoms with van der Waals surface area (Å²) >= 11 is 0. The molecular formula is C14H26N2. The van der Waals surface area contributed by atoms with Gasteiger partial charge < -0.3 is 5.32 Å². The first-order chi connectivity index (χ1) is 7.64. The molecule has 3 fully saturated rings. The minimum absolute atomic E-state index is 0.425. The van der Waals surface area contributed by atoms with Crippen LogP contribution < -0.4 is 5.32 Å². The second-order valence-corrected chi connectivity index (χ2v) is 6.59. The lowest BCUT2D eigenvalue weighted by molar-refractivity contribution is 0.0625. The first-order valence-corrected chi connectivity index (χ1v) is 7.15. The van der Waals surface area contributed by atoms with Gasteiger partial charge in [0.15, 0.2) is 0 Å². The summed E-state index contributed by atoms with van der Waals surface area (Å²) < 4.78 is 0. The van der Waals surface area contributed by atoms with Gasteiger partial charge in [-0.15, -0.1) is 0 Å². The molecule has 4 unspecified atom stereocenters. The molecule has 0 aromatic heterocycles. The number of hydrogen-bond donors (Lipinski definition) is 1. The van der Waals surface area contributed by atoms with E-state index in [0.717, 1.165) is 23.9 Å². The van der Waals surface area contributed by atoms with Crippen LogP contribution in [0.4, 0.5) is 0 Å². The van der Waals surface area contributed by atoms with E-state index in [1.165, 1.54) is 38.8 Å². The Morgan fingerprint density at radius 1 is 1.38 bits per heavy atom. The first kappa shape index (κ1) is 11.0. The normalized spacial score (nSPS) is 49.3. The van der Waals surface area contributed by atoms with E-state index in [1.54, 1.807) is 0 Å². The third-order valence-corrected chi connectivity index (χ3v) is 5.16. The summed E-state index contributed by atoms with van der Waals surface area (Å²) in [5.74, 6) is 1.91. The molecule has 1 N–H and O–H groups in total. The summed E-state index contributed by atoms with van der Waals surface area (Å²) in [6, 6.07) is 1.70. The van der Waals surface area contributed by atoms with Crippen molar-refractivity contribution in [3.05, 3.63) is 0 Å². The average Bonchev–Trinajstić information content (AvgIpc) is 3.12. The lowest BCUT2D eigenvalue weighted by atomic mass is 9.90. The summed E-state index contributed by atoms with van der Waals surface area (Å²) in [4.78, 5) is 2.83. The summed E-state index contributed by atoms with van der Waals surface area (Å²) in [6.45, 7) is 9.72. The molecule has 0 spiro atoms. The Bertz CT molecular complexity index is 274. The van der Waals surface area contributed by atoms with Crippen LogP contribution >= 0.6 is 0 Å². The number of rotatable bonds is 3. The molecule has 16 heavy (non-hydrogen) atoms. The third-order valence-electron chi connectivity index (χ3n) is 5.16. The van der Waals surface area contributed by atoms with Crippen LogP contribution in [0, 0.1) is 11.8 Å². The van der Waals surface area contributed by atoms with Crippen molar-refractivity contribution in [1.82, 2.24) is 10.2 Å². The van der Waals surface area contributed by atoms with Gasteiger partial charge in [0.05, 0.1) is 0 Å². The summed E-state index contributed by atoms with van der Waals surface area (Å²) in [5, 5.41) is 3.84. The molecule has 0 radical (unpaired) electrons. The van der Waals surface area contributed by atoms with Crippen molar-refractivity contribution < 1.29 is 0 Å². The highest BCUT2D eigenvalue weighted by Crippen LogP contribution is 2.45. The fourth-order valence-corrected chi connectivity index (χ4v) is 3.56. The molecule has 2 nitrogen and oxygen atoms in total. The van der Waals surface area contributed by atoms with Gasteiger partial charge >= 0.3 is 0 Å². The van der Waals surface area contributed by atoms with Crippen molar-refractivity contribution >= 4 is 0 Å². The molecule has 2 heteroatoms. The van der Waals surface area contributed by atoms with Gasteiger partial charge in [-0.1, -0.05) is 13.8 Å². The van der Waals surface area contributed by atoms with Crippen molar-refractivity contribution in [3.8, 4) is 0 Å². The van der Waals surface area contributed by atoms with E-state index in [-0.39, 0.29) is 0 Å². The topological polar surface area (TPSA) is 15.3 Å². The van der Waals surface area contributed by atoms with E-state index in [9.17, 15) is 0 Å². The van der Waals surface area contributed by atoms with Gasteiger partial charge in [0.1, 0.15) is 0 Å². The highest BCUT2D eigenvalue weighted by atomic mass is 15.3. The number of piperazine rings is 1. The highest BCUT2D eigenvalue weighted by molar-refractivity contribution is 5.07. The van der Waals surface area contributed by atoms with Crippen LogP contribution in [0.1, 0.15) is 46.5 Å². The van der Waals surface area contributed by atoms with Gasteiger partial charge in [0.2, 0.25) is 0 Å². The molecule has 1 aliphatic heterocycles. The molecule has 1 heterocycles. The minimum atomic E-state index is 0.425. The predicted octanol–water partition coefficient (Wildman–Crippen LogP) is 2.25. The van der Waals surface area contributed by atoms with Crippen LogP contribution in [0.5, 0.6) is 0 Å². The van der Waals surface area contributed by atoms with Crippen LogP contribution in [0.2, 0.25) is 0 Å². The standard InChI is InChI=1S/C14H26N2/c1-4-12-8-15-14(3,11-5-6-11)9-16(12)13-7-10(13)2/h10-13,15H,4-9H2,1-3H3. The maximum absolute atomic E-state index is 3.84. The van der Waals surface area contributed by atoms with Crippen LogP contribution in [-0.2, 0) is 0 Å². The fraction of sp³-hybridized carbons (Fsp3) is 1.00. The molecule has 0 amide bonds. The van der Waals surface area contributed by atoms with E-state index < -0.39 is 0 Å². The number of nitrogens with one attached hydrogen (secondary N) is 1. The Morgan fingerprint density at radius 2 is 2.06 bits per heavy atom. The number of nitrogens with zero attached hydrogens (tertiary/aromatic N) is 1. The number of hydrogen-bond acceptors (Lipinski definition) is 2. The lowest BCUT2D eigenvalue weighted by Crippen LogP contribution is -2.64. The second kappa shape index (κ2) is 3.71. The van der Waals surface area contributed by atoms with Gasteiger partial charge in [-0.2, -0.15) is 0 Å². The molecule has 3 aliphatic rings. The summed E-state index contributed by atoms with van der Waals surface area (Å²) in [7, 11) is 0. The Labute approximate surface area is 99.8 Å². The van der Waals surface area contributed by atoms with Crippen molar-refractivity contribution in [2.45, 2.75) is 64.1 Å². The lowest BCUT2D eigenvalue weighted by Gasteiger charge is -2.47. The van der Waals surface area contributed by atoms with E-state index in [0.29, 0.717) is 5.54 Å². The molecule has 2 saturated carbocycles. The molecule has 1 saturated heterocycles. The zero-order chi connectivity index (χ0) is 11.3. The molecule has 2 aliphatic carbocycles. The largest absolute Gasteiger partial charge is 0.308 e. The van der Waals surface area contributed by atoms with E-state index in [1.807, 2.05) is 0 Å².